The van der Waals surface area contributed by atoms with Gasteiger partial charge in [-0.25, -0.2) is 0 Å². The topological polar surface area (TPSA) is 66.0 Å². The molecule has 0 saturated carbocycles. The number of nitrogens with one attached hydrogen (secondary N) is 2. The lowest BCUT2D eigenvalue weighted by Crippen LogP contribution is -2.51. The third-order valence-corrected chi connectivity index (χ3v) is 5.61. The Balaban J connectivity index is 0.00000196. The first-order valence-electron chi connectivity index (χ1n) is 9.08. The fourth-order valence-electron chi connectivity index (χ4n) is 4.28. The van der Waals surface area contributed by atoms with Crippen LogP contribution in [0.25, 0.3) is 0 Å². The molecular formula is C19H27IN4O2. The molecule has 0 bridgehead atoms. The van der Waals surface area contributed by atoms with Gasteiger partial charge in [0, 0.05) is 45.1 Å². The van der Waals surface area contributed by atoms with E-state index in [1.54, 1.807) is 0 Å². The highest BCUT2D eigenvalue weighted by Crippen LogP contribution is 2.36. The van der Waals surface area contributed by atoms with Gasteiger partial charge in [0.1, 0.15) is 0 Å². The average molecular weight is 470 g/mol. The van der Waals surface area contributed by atoms with E-state index in [2.05, 4.69) is 38.7 Å². The molecule has 4 rings (SSSR count). The first kappa shape index (κ1) is 19.4. The molecule has 0 aromatic heterocycles. The monoisotopic (exact) mass is 470 g/mol. The summed E-state index contributed by atoms with van der Waals surface area (Å²) in [5, 5.41) is 6.50. The van der Waals surface area contributed by atoms with Crippen molar-refractivity contribution >= 4 is 35.8 Å². The lowest BCUT2D eigenvalue weighted by atomic mass is 9.79. The number of amides is 1. The van der Waals surface area contributed by atoms with E-state index in [1.165, 1.54) is 16.7 Å². The van der Waals surface area contributed by atoms with Gasteiger partial charge in [0.2, 0.25) is 5.91 Å². The molecule has 3 heterocycles. The molecule has 6 nitrogen and oxygen atoms in total. The van der Waals surface area contributed by atoms with Gasteiger partial charge in [-0.1, -0.05) is 18.2 Å². The normalized spacial score (nSPS) is 25.0. The van der Waals surface area contributed by atoms with Gasteiger partial charge in [-0.15, -0.1) is 24.0 Å². The number of carbonyl (C=O) groups excluding carboxylic acids is 1. The third kappa shape index (κ3) is 3.98. The number of rotatable bonds is 2. The fraction of sp³-hybridized carbons (Fsp3) is 0.579. The molecule has 0 aliphatic carbocycles. The fourth-order valence-corrected chi connectivity index (χ4v) is 4.28. The van der Waals surface area contributed by atoms with Crippen molar-refractivity contribution in [3.05, 3.63) is 34.9 Å². The molecule has 26 heavy (non-hydrogen) atoms. The number of piperidine rings is 1. The average Bonchev–Trinajstić information content (AvgIpc) is 3.22. The summed E-state index contributed by atoms with van der Waals surface area (Å²) >= 11 is 0. The lowest BCUT2D eigenvalue weighted by Gasteiger charge is -2.40. The van der Waals surface area contributed by atoms with Crippen LogP contribution >= 0.6 is 24.0 Å². The minimum absolute atomic E-state index is 0. The summed E-state index contributed by atoms with van der Waals surface area (Å²) in [5.41, 5.74) is 3.92. The van der Waals surface area contributed by atoms with Crippen molar-refractivity contribution in [3.63, 3.8) is 0 Å². The van der Waals surface area contributed by atoms with Crippen molar-refractivity contribution in [2.45, 2.75) is 39.0 Å². The van der Waals surface area contributed by atoms with Crippen LogP contribution in [-0.4, -0.2) is 43.4 Å². The smallest absolute Gasteiger partial charge is 0.220 e. The van der Waals surface area contributed by atoms with Crippen LogP contribution in [0, 0.1) is 5.41 Å². The van der Waals surface area contributed by atoms with Crippen molar-refractivity contribution in [2.75, 3.05) is 26.7 Å². The number of carbonyl (C=O) groups is 1. The van der Waals surface area contributed by atoms with E-state index in [4.69, 9.17) is 4.74 Å². The minimum atomic E-state index is 0. The lowest BCUT2D eigenvalue weighted by molar-refractivity contribution is -0.119. The van der Waals surface area contributed by atoms with Crippen molar-refractivity contribution in [3.8, 4) is 0 Å². The second-order valence-electron chi connectivity index (χ2n) is 7.48. The standard InChI is InChI=1S/C19H26N4O2.HI/c1-20-18(21-9-14-3-4-15-10-25-11-16(15)7-14)23-6-2-5-19(13-23)8-17(24)22-12-19;/h3-4,7H,2,5-6,8-13H2,1H3,(H,20,21)(H,22,24);1H. The molecule has 1 unspecified atom stereocenters. The second kappa shape index (κ2) is 8.12. The zero-order valence-electron chi connectivity index (χ0n) is 15.2. The van der Waals surface area contributed by atoms with Gasteiger partial charge in [0.15, 0.2) is 5.96 Å². The van der Waals surface area contributed by atoms with E-state index in [9.17, 15) is 4.79 Å². The van der Waals surface area contributed by atoms with Crippen LogP contribution in [0.15, 0.2) is 23.2 Å². The van der Waals surface area contributed by atoms with Crippen molar-refractivity contribution in [1.29, 1.82) is 0 Å². The third-order valence-electron chi connectivity index (χ3n) is 5.61. The number of likely N-dealkylation sites (tertiary alicyclic amines) is 1. The molecule has 2 N–H and O–H groups in total. The Morgan fingerprint density at radius 3 is 3.00 bits per heavy atom. The number of hydrogen-bond acceptors (Lipinski definition) is 3. The molecule has 3 aliphatic heterocycles. The van der Waals surface area contributed by atoms with Crippen molar-refractivity contribution < 1.29 is 9.53 Å². The van der Waals surface area contributed by atoms with E-state index >= 15 is 0 Å². The van der Waals surface area contributed by atoms with Crippen LogP contribution in [0.5, 0.6) is 0 Å². The zero-order chi connectivity index (χ0) is 17.3. The highest BCUT2D eigenvalue weighted by Gasteiger charge is 2.42. The molecule has 1 amide bonds. The predicted molar refractivity (Wildman–Crippen MR) is 111 cm³/mol. The van der Waals surface area contributed by atoms with Crippen LogP contribution in [0.2, 0.25) is 0 Å². The molecule has 0 radical (unpaired) electrons. The van der Waals surface area contributed by atoms with Crippen LogP contribution < -0.4 is 10.6 Å². The highest BCUT2D eigenvalue weighted by molar-refractivity contribution is 14.0. The summed E-state index contributed by atoms with van der Waals surface area (Å²) in [4.78, 5) is 18.5. The van der Waals surface area contributed by atoms with E-state index in [1.807, 2.05) is 7.05 Å². The Hall–Kier alpha value is -1.35. The molecule has 3 aliphatic rings. The second-order valence-corrected chi connectivity index (χ2v) is 7.48. The summed E-state index contributed by atoms with van der Waals surface area (Å²) in [5.74, 6) is 1.11. The first-order chi connectivity index (χ1) is 12.2. The highest BCUT2D eigenvalue weighted by atomic mass is 127. The molecule has 1 aromatic carbocycles. The molecule has 142 valence electrons. The molecule has 1 atom stereocenters. The summed E-state index contributed by atoms with van der Waals surface area (Å²) in [6.07, 6.45) is 2.86. The summed E-state index contributed by atoms with van der Waals surface area (Å²) < 4.78 is 5.49. The number of nitrogens with zero attached hydrogens (tertiary/aromatic N) is 2. The maximum absolute atomic E-state index is 11.7. The van der Waals surface area contributed by atoms with Gasteiger partial charge in [-0.05, 0) is 29.5 Å². The Kier molecular flexibility index (Phi) is 6.06. The van der Waals surface area contributed by atoms with Crippen LogP contribution in [0.3, 0.4) is 0 Å². The quantitative estimate of drug-likeness (QED) is 0.395. The SMILES string of the molecule is CN=C(NCc1ccc2c(c1)COC2)N1CCCC2(CNC(=O)C2)C1.I. The van der Waals surface area contributed by atoms with E-state index < -0.39 is 0 Å². The van der Waals surface area contributed by atoms with Gasteiger partial charge in [-0.2, -0.15) is 0 Å². The van der Waals surface area contributed by atoms with E-state index in [0.717, 1.165) is 51.6 Å². The number of aliphatic imine (C=N–C) groups is 1. The summed E-state index contributed by atoms with van der Waals surface area (Å²) in [6.45, 7) is 4.88. The molecule has 7 heteroatoms. The van der Waals surface area contributed by atoms with Crippen molar-refractivity contribution in [2.24, 2.45) is 10.4 Å². The maximum Gasteiger partial charge on any atom is 0.220 e. The van der Waals surface area contributed by atoms with Crippen LogP contribution in [0.4, 0.5) is 0 Å². The number of ether oxygens (including phenoxy) is 1. The molecule has 1 spiro atoms. The largest absolute Gasteiger partial charge is 0.372 e. The van der Waals surface area contributed by atoms with Crippen molar-refractivity contribution in [1.82, 2.24) is 15.5 Å². The number of halogens is 1. The van der Waals surface area contributed by atoms with Gasteiger partial charge < -0.3 is 20.3 Å². The molecule has 1 aromatic rings. The first-order valence-corrected chi connectivity index (χ1v) is 9.08. The maximum atomic E-state index is 11.7. The van der Waals surface area contributed by atoms with Crippen LogP contribution in [0.1, 0.15) is 36.0 Å². The molecule has 2 saturated heterocycles. The zero-order valence-corrected chi connectivity index (χ0v) is 17.5. The molecular weight excluding hydrogens is 443 g/mol. The number of hydrogen-bond donors (Lipinski definition) is 2. The van der Waals surface area contributed by atoms with Gasteiger partial charge in [0.25, 0.3) is 0 Å². The van der Waals surface area contributed by atoms with E-state index in [0.29, 0.717) is 13.0 Å². The van der Waals surface area contributed by atoms with E-state index in [-0.39, 0.29) is 35.3 Å². The van der Waals surface area contributed by atoms with Gasteiger partial charge in [-0.3, -0.25) is 9.79 Å². The number of benzene rings is 1. The molecule has 2 fully saturated rings. The Bertz CT molecular complexity index is 709. The number of fused-ring (bicyclic) bond motifs is 1. The summed E-state index contributed by atoms with van der Waals surface area (Å²) in [7, 11) is 1.83. The van der Waals surface area contributed by atoms with Crippen LogP contribution in [-0.2, 0) is 29.3 Å². The van der Waals surface area contributed by atoms with Gasteiger partial charge in [0.05, 0.1) is 13.2 Å². The minimum Gasteiger partial charge on any atom is -0.372 e. The predicted octanol–water partition coefficient (Wildman–Crippen LogP) is 2.01. The van der Waals surface area contributed by atoms with Gasteiger partial charge >= 0.3 is 0 Å². The summed E-state index contributed by atoms with van der Waals surface area (Å²) in [6, 6.07) is 6.54. The Morgan fingerprint density at radius 1 is 1.38 bits per heavy atom. The Labute approximate surface area is 171 Å². The Morgan fingerprint density at radius 2 is 2.23 bits per heavy atom. The number of guanidine groups is 1.